The number of hydrogen-bond acceptors (Lipinski definition) is 1. The molecule has 10 rings (SSSR count). The van der Waals surface area contributed by atoms with E-state index in [-0.39, 0.29) is 0 Å². The summed E-state index contributed by atoms with van der Waals surface area (Å²) >= 11 is 0. The predicted molar refractivity (Wildman–Crippen MR) is 180 cm³/mol. The molecule has 0 spiro atoms. The number of rotatable bonds is 2. The minimum Gasteiger partial charge on any atom is -0.454 e. The first-order valence-electron chi connectivity index (χ1n) is 14.7. The fraction of sp³-hybridized carbons (Fsp3) is 0. The summed E-state index contributed by atoms with van der Waals surface area (Å²) in [6.07, 6.45) is 0. The summed E-state index contributed by atoms with van der Waals surface area (Å²) in [5, 5.41) is 9.74. The molecule has 0 saturated heterocycles. The topological polar surface area (TPSA) is 23.0 Å². The van der Waals surface area contributed by atoms with Crippen LogP contribution in [0.1, 0.15) is 0 Å². The number of nitrogens with zero attached hydrogens (tertiary/aromatic N) is 2. The Balaban J connectivity index is 1.42. The lowest BCUT2D eigenvalue weighted by molar-refractivity contribution is 0.666. The molecule has 3 aromatic heterocycles. The van der Waals surface area contributed by atoms with E-state index in [1.807, 2.05) is 6.07 Å². The molecule has 3 heteroatoms. The molecule has 0 atom stereocenters. The molecule has 43 heavy (non-hydrogen) atoms. The Labute approximate surface area is 246 Å². The first-order valence-corrected chi connectivity index (χ1v) is 14.7. The van der Waals surface area contributed by atoms with Gasteiger partial charge in [0, 0.05) is 38.0 Å². The van der Waals surface area contributed by atoms with Crippen molar-refractivity contribution in [3.8, 4) is 11.4 Å². The first kappa shape index (κ1) is 22.8. The second-order valence-electron chi connectivity index (χ2n) is 11.3. The summed E-state index contributed by atoms with van der Waals surface area (Å²) in [6.45, 7) is 0. The molecular weight excluding hydrogens is 524 g/mol. The Morgan fingerprint density at radius 2 is 1.09 bits per heavy atom. The van der Waals surface area contributed by atoms with Gasteiger partial charge in [0.1, 0.15) is 5.58 Å². The van der Waals surface area contributed by atoms with Gasteiger partial charge in [-0.05, 0) is 59.3 Å². The van der Waals surface area contributed by atoms with E-state index in [4.69, 9.17) is 4.42 Å². The molecule has 0 radical (unpaired) electrons. The van der Waals surface area contributed by atoms with Crippen molar-refractivity contribution in [3.63, 3.8) is 0 Å². The van der Waals surface area contributed by atoms with Crippen LogP contribution >= 0.6 is 0 Å². The Bertz CT molecular complexity index is 2720. The number of para-hydroxylation sites is 4. The Morgan fingerprint density at radius 3 is 2.00 bits per heavy atom. The molecule has 10 aromatic rings. The highest BCUT2D eigenvalue weighted by Crippen LogP contribution is 2.43. The van der Waals surface area contributed by atoms with Gasteiger partial charge in [0.25, 0.3) is 0 Å². The molecule has 0 amide bonds. The van der Waals surface area contributed by atoms with Crippen molar-refractivity contribution in [1.29, 1.82) is 0 Å². The molecule has 0 aliphatic carbocycles. The normalized spacial score (nSPS) is 12.2. The second-order valence-corrected chi connectivity index (χ2v) is 11.3. The minimum absolute atomic E-state index is 0.906. The highest BCUT2D eigenvalue weighted by molar-refractivity contribution is 6.25. The zero-order chi connectivity index (χ0) is 28.1. The number of fused-ring (bicyclic) bond motifs is 11. The van der Waals surface area contributed by atoms with Gasteiger partial charge in [-0.1, -0.05) is 97.1 Å². The SMILES string of the molecule is c1ccc(-n2c3cc4c5ccccc5n(-c5cccc6c5oc5ccccc56)c4cc3c3c4ccccc4ccc32)cc1. The van der Waals surface area contributed by atoms with Gasteiger partial charge in [-0.25, -0.2) is 0 Å². The molecule has 0 fully saturated rings. The summed E-state index contributed by atoms with van der Waals surface area (Å²) in [5.41, 5.74) is 8.77. The van der Waals surface area contributed by atoms with Gasteiger partial charge in [-0.3, -0.25) is 0 Å². The highest BCUT2D eigenvalue weighted by Gasteiger charge is 2.21. The molecule has 200 valence electrons. The van der Waals surface area contributed by atoms with Gasteiger partial charge in [-0.2, -0.15) is 0 Å². The van der Waals surface area contributed by atoms with Crippen molar-refractivity contribution < 1.29 is 4.42 Å². The van der Waals surface area contributed by atoms with Crippen LogP contribution in [0, 0.1) is 0 Å². The lowest BCUT2D eigenvalue weighted by Gasteiger charge is -2.09. The van der Waals surface area contributed by atoms with Crippen LogP contribution in [0.2, 0.25) is 0 Å². The summed E-state index contributed by atoms with van der Waals surface area (Å²) in [6, 6.07) is 52.3. The molecule has 0 aliphatic rings. The van der Waals surface area contributed by atoms with Gasteiger partial charge >= 0.3 is 0 Å². The molecule has 7 aromatic carbocycles. The molecule has 0 N–H and O–H groups in total. The van der Waals surface area contributed by atoms with Gasteiger partial charge in [0.05, 0.1) is 27.8 Å². The molecular formula is C40H24N2O. The van der Waals surface area contributed by atoms with Crippen molar-refractivity contribution in [1.82, 2.24) is 9.13 Å². The van der Waals surface area contributed by atoms with Crippen molar-refractivity contribution in [2.24, 2.45) is 0 Å². The third-order valence-corrected chi connectivity index (χ3v) is 9.09. The number of benzene rings is 7. The van der Waals surface area contributed by atoms with Crippen molar-refractivity contribution in [2.75, 3.05) is 0 Å². The molecule has 0 unspecified atom stereocenters. The smallest absolute Gasteiger partial charge is 0.159 e. The molecule has 0 saturated carbocycles. The maximum atomic E-state index is 6.56. The minimum atomic E-state index is 0.906. The second kappa shape index (κ2) is 8.37. The van der Waals surface area contributed by atoms with Gasteiger partial charge < -0.3 is 13.6 Å². The van der Waals surface area contributed by atoms with Gasteiger partial charge in [0.2, 0.25) is 0 Å². The maximum Gasteiger partial charge on any atom is 0.159 e. The average Bonchev–Trinajstić information content (AvgIpc) is 3.71. The standard InChI is InChI=1S/C40H24N2O/c1-2-12-26(13-3-1)41-34-22-21-25-11-4-5-14-27(25)39(34)32-24-36-31(23-37(32)41)28-15-6-8-18-33(28)42(36)35-19-10-17-30-29-16-7-9-20-38(29)43-40(30)35/h1-24H. The average molecular weight is 549 g/mol. The zero-order valence-corrected chi connectivity index (χ0v) is 23.2. The summed E-state index contributed by atoms with van der Waals surface area (Å²) in [5.74, 6) is 0. The third kappa shape index (κ3) is 3.03. The van der Waals surface area contributed by atoms with Crippen molar-refractivity contribution in [3.05, 3.63) is 146 Å². The summed E-state index contributed by atoms with van der Waals surface area (Å²) in [7, 11) is 0. The van der Waals surface area contributed by atoms with E-state index >= 15 is 0 Å². The fourth-order valence-electron chi connectivity index (χ4n) is 7.27. The Kier molecular flexibility index (Phi) is 4.45. The van der Waals surface area contributed by atoms with Crippen LogP contribution in [0.25, 0.3) is 87.7 Å². The largest absolute Gasteiger partial charge is 0.454 e. The molecule has 0 bridgehead atoms. The molecule has 3 heterocycles. The van der Waals surface area contributed by atoms with E-state index in [9.17, 15) is 0 Å². The molecule has 0 aliphatic heterocycles. The van der Waals surface area contributed by atoms with E-state index in [0.29, 0.717) is 0 Å². The van der Waals surface area contributed by atoms with E-state index in [1.54, 1.807) is 0 Å². The summed E-state index contributed by atoms with van der Waals surface area (Å²) in [4.78, 5) is 0. The van der Waals surface area contributed by atoms with Gasteiger partial charge in [0.15, 0.2) is 5.58 Å². The van der Waals surface area contributed by atoms with Crippen LogP contribution < -0.4 is 0 Å². The molecule has 3 nitrogen and oxygen atoms in total. The van der Waals surface area contributed by atoms with Crippen LogP contribution in [0.15, 0.2) is 150 Å². The van der Waals surface area contributed by atoms with E-state index < -0.39 is 0 Å². The van der Waals surface area contributed by atoms with Crippen molar-refractivity contribution >= 4 is 76.3 Å². The third-order valence-electron chi connectivity index (χ3n) is 9.09. The van der Waals surface area contributed by atoms with Crippen LogP contribution in [0.5, 0.6) is 0 Å². The van der Waals surface area contributed by atoms with Gasteiger partial charge in [-0.15, -0.1) is 0 Å². The Hall–Kier alpha value is -5.80. The highest BCUT2D eigenvalue weighted by atomic mass is 16.3. The van der Waals surface area contributed by atoms with E-state index in [2.05, 4.69) is 149 Å². The Morgan fingerprint density at radius 1 is 0.395 bits per heavy atom. The lowest BCUT2D eigenvalue weighted by Crippen LogP contribution is -1.95. The first-order chi connectivity index (χ1) is 21.3. The van der Waals surface area contributed by atoms with E-state index in [1.165, 1.54) is 54.4 Å². The van der Waals surface area contributed by atoms with Crippen LogP contribution in [0.4, 0.5) is 0 Å². The quantitative estimate of drug-likeness (QED) is 0.211. The number of furan rings is 1. The summed E-state index contributed by atoms with van der Waals surface area (Å²) < 4.78 is 11.4. The van der Waals surface area contributed by atoms with Crippen LogP contribution in [-0.4, -0.2) is 9.13 Å². The van der Waals surface area contributed by atoms with Crippen molar-refractivity contribution in [2.45, 2.75) is 0 Å². The number of hydrogen-bond donors (Lipinski definition) is 0. The lowest BCUT2D eigenvalue weighted by atomic mass is 10.0. The predicted octanol–water partition coefficient (Wildman–Crippen LogP) is 10.9. The number of aromatic nitrogens is 2. The van der Waals surface area contributed by atoms with Crippen LogP contribution in [0.3, 0.4) is 0 Å². The monoisotopic (exact) mass is 548 g/mol. The zero-order valence-electron chi connectivity index (χ0n) is 23.2. The maximum absolute atomic E-state index is 6.56. The van der Waals surface area contributed by atoms with Crippen LogP contribution in [-0.2, 0) is 0 Å². The van der Waals surface area contributed by atoms with E-state index in [0.717, 1.165) is 33.3 Å². The fourth-order valence-corrected chi connectivity index (χ4v) is 7.27.